The highest BCUT2D eigenvalue weighted by Crippen LogP contribution is 2.12. The summed E-state index contributed by atoms with van der Waals surface area (Å²) in [5, 5.41) is 6.94. The molecule has 0 aliphatic rings. The highest BCUT2D eigenvalue weighted by atomic mass is 16.2. The van der Waals surface area contributed by atoms with E-state index in [9.17, 15) is 14.4 Å². The summed E-state index contributed by atoms with van der Waals surface area (Å²) in [4.78, 5) is 41.0. The molecule has 3 N–H and O–H groups in total. The second-order valence-electron chi connectivity index (χ2n) is 6.72. The fraction of sp³-hybridized carbons (Fsp3) is 0.190. The molecule has 3 aromatic rings. The van der Waals surface area contributed by atoms with E-state index in [1.807, 2.05) is 31.2 Å². The number of Topliss-reactive ketones (excluding diaryl/α,β-unsaturated/α-hetero) is 1. The molecular weight excluding hydrogens is 370 g/mol. The fourth-order valence-corrected chi connectivity index (χ4v) is 2.88. The Labute approximate surface area is 167 Å². The van der Waals surface area contributed by atoms with Crippen molar-refractivity contribution in [3.63, 3.8) is 0 Å². The number of carbonyl (C=O) groups excluding carboxylic acids is 3. The third kappa shape index (κ3) is 4.73. The minimum Gasteiger partial charge on any atom is -0.363 e. The van der Waals surface area contributed by atoms with Gasteiger partial charge in [-0.2, -0.15) is 5.10 Å². The van der Waals surface area contributed by atoms with Crippen molar-refractivity contribution in [1.82, 2.24) is 20.1 Å². The molecule has 1 aromatic carbocycles. The Morgan fingerprint density at radius 1 is 1.10 bits per heavy atom. The molecule has 2 heterocycles. The van der Waals surface area contributed by atoms with Crippen LogP contribution < -0.4 is 11.1 Å². The summed E-state index contributed by atoms with van der Waals surface area (Å²) in [5.74, 6) is -2.05. The van der Waals surface area contributed by atoms with Crippen LogP contribution in [-0.2, 0) is 16.0 Å². The third-order valence-corrected chi connectivity index (χ3v) is 4.32. The van der Waals surface area contributed by atoms with Gasteiger partial charge in [-0.15, -0.1) is 0 Å². The minimum absolute atomic E-state index is 0.143. The Kier molecular flexibility index (Phi) is 5.82. The van der Waals surface area contributed by atoms with E-state index in [2.05, 4.69) is 15.4 Å². The first-order chi connectivity index (χ1) is 13.8. The van der Waals surface area contributed by atoms with Gasteiger partial charge in [0.2, 0.25) is 5.78 Å². The first-order valence-corrected chi connectivity index (χ1v) is 9.03. The summed E-state index contributed by atoms with van der Waals surface area (Å²) >= 11 is 0. The quantitative estimate of drug-likeness (QED) is 0.588. The Bertz CT molecular complexity index is 1040. The van der Waals surface area contributed by atoms with Gasteiger partial charge in [-0.25, -0.2) is 9.67 Å². The second-order valence-corrected chi connectivity index (χ2v) is 6.72. The molecule has 0 bridgehead atoms. The number of primary amides is 1. The summed E-state index contributed by atoms with van der Waals surface area (Å²) in [6, 6.07) is 13.2. The highest BCUT2D eigenvalue weighted by Gasteiger charge is 2.27. The van der Waals surface area contributed by atoms with Crippen molar-refractivity contribution in [2.75, 3.05) is 0 Å². The number of carbonyl (C=O) groups is 3. The summed E-state index contributed by atoms with van der Waals surface area (Å²) in [7, 11) is 0. The number of nitrogens with zero attached hydrogens (tertiary/aromatic N) is 3. The van der Waals surface area contributed by atoms with Crippen molar-refractivity contribution in [2.45, 2.75) is 26.3 Å². The van der Waals surface area contributed by atoms with Gasteiger partial charge in [0.1, 0.15) is 11.7 Å². The number of aromatic nitrogens is 3. The Morgan fingerprint density at radius 2 is 1.83 bits per heavy atom. The monoisotopic (exact) mass is 391 g/mol. The average Bonchev–Trinajstić information content (AvgIpc) is 3.10. The third-order valence-electron chi connectivity index (χ3n) is 4.32. The van der Waals surface area contributed by atoms with Gasteiger partial charge in [0.05, 0.1) is 5.69 Å². The normalized spacial score (nSPS) is 11.7. The van der Waals surface area contributed by atoms with Crippen LogP contribution in [0, 0.1) is 13.8 Å². The maximum atomic E-state index is 12.9. The van der Waals surface area contributed by atoms with Crippen LogP contribution in [0.1, 0.15) is 27.3 Å². The van der Waals surface area contributed by atoms with Crippen LogP contribution >= 0.6 is 0 Å². The molecule has 8 heteroatoms. The lowest BCUT2D eigenvalue weighted by molar-refractivity contribution is -0.137. The number of pyridine rings is 1. The van der Waals surface area contributed by atoms with Gasteiger partial charge in [0.25, 0.3) is 11.8 Å². The molecule has 29 heavy (non-hydrogen) atoms. The zero-order chi connectivity index (χ0) is 21.0. The first kappa shape index (κ1) is 19.9. The van der Waals surface area contributed by atoms with Gasteiger partial charge in [-0.1, -0.05) is 36.4 Å². The Balaban J connectivity index is 1.89. The Hall–Kier alpha value is -3.81. The molecule has 2 amide bonds. The predicted molar refractivity (Wildman–Crippen MR) is 106 cm³/mol. The van der Waals surface area contributed by atoms with Crippen LogP contribution in [0.4, 0.5) is 0 Å². The fourth-order valence-electron chi connectivity index (χ4n) is 2.88. The molecule has 0 saturated heterocycles. The van der Waals surface area contributed by atoms with E-state index in [1.54, 1.807) is 37.4 Å². The number of hydrogen-bond donors (Lipinski definition) is 2. The number of hydrogen-bond acceptors (Lipinski definition) is 5. The van der Waals surface area contributed by atoms with Crippen LogP contribution in [0.3, 0.4) is 0 Å². The molecule has 0 saturated carbocycles. The molecule has 1 atom stereocenters. The van der Waals surface area contributed by atoms with Crippen molar-refractivity contribution in [1.29, 1.82) is 0 Å². The highest BCUT2D eigenvalue weighted by molar-refractivity contribution is 6.38. The zero-order valence-electron chi connectivity index (χ0n) is 16.1. The van der Waals surface area contributed by atoms with Crippen molar-refractivity contribution >= 4 is 17.6 Å². The molecule has 0 fully saturated rings. The standard InChI is InChI=1S/C21H21N5O3/c1-13-8-9-18(23-12-13)26-17(10-14(2)25-26)21(29)24-16(19(27)20(22)28)11-15-6-4-3-5-7-15/h3-10,12,16H,11H2,1-2H3,(H2,22,28)(H,24,29)/t16-/m0/s1. The van der Waals surface area contributed by atoms with Crippen LogP contribution in [0.15, 0.2) is 54.7 Å². The van der Waals surface area contributed by atoms with Crippen molar-refractivity contribution in [3.8, 4) is 5.82 Å². The first-order valence-electron chi connectivity index (χ1n) is 9.03. The molecule has 0 unspecified atom stereocenters. The van der Waals surface area contributed by atoms with E-state index in [-0.39, 0.29) is 12.1 Å². The van der Waals surface area contributed by atoms with Gasteiger partial charge in [-0.3, -0.25) is 14.4 Å². The predicted octanol–water partition coefficient (Wildman–Crippen LogP) is 1.28. The Morgan fingerprint density at radius 3 is 2.45 bits per heavy atom. The van der Waals surface area contributed by atoms with Crippen LogP contribution in [0.2, 0.25) is 0 Å². The number of benzene rings is 1. The number of nitrogens with two attached hydrogens (primary N) is 1. The number of rotatable bonds is 7. The lowest BCUT2D eigenvalue weighted by atomic mass is 10.0. The van der Waals surface area contributed by atoms with Gasteiger partial charge < -0.3 is 11.1 Å². The number of aryl methyl sites for hydroxylation is 2. The van der Waals surface area contributed by atoms with E-state index in [0.29, 0.717) is 11.5 Å². The van der Waals surface area contributed by atoms with Crippen molar-refractivity contribution in [3.05, 3.63) is 77.2 Å². The minimum atomic E-state index is -1.10. The van der Waals surface area contributed by atoms with Gasteiger partial charge in [0, 0.05) is 12.6 Å². The van der Waals surface area contributed by atoms with E-state index >= 15 is 0 Å². The maximum absolute atomic E-state index is 12.9. The van der Waals surface area contributed by atoms with Crippen LogP contribution in [0.5, 0.6) is 0 Å². The molecular formula is C21H21N5O3. The lowest BCUT2D eigenvalue weighted by Crippen LogP contribution is -2.47. The molecule has 148 valence electrons. The summed E-state index contributed by atoms with van der Waals surface area (Å²) in [6.45, 7) is 3.65. The molecule has 2 aromatic heterocycles. The molecule has 3 rings (SSSR count). The molecule has 0 radical (unpaired) electrons. The molecule has 0 aliphatic heterocycles. The van der Waals surface area contributed by atoms with E-state index in [0.717, 1.165) is 11.1 Å². The molecule has 0 aliphatic carbocycles. The topological polar surface area (TPSA) is 120 Å². The van der Waals surface area contributed by atoms with E-state index < -0.39 is 23.6 Å². The number of ketones is 1. The smallest absolute Gasteiger partial charge is 0.287 e. The van der Waals surface area contributed by atoms with Crippen molar-refractivity contribution < 1.29 is 14.4 Å². The molecule has 8 nitrogen and oxygen atoms in total. The van der Waals surface area contributed by atoms with Gasteiger partial charge >= 0.3 is 0 Å². The van der Waals surface area contributed by atoms with E-state index in [4.69, 9.17) is 5.73 Å². The van der Waals surface area contributed by atoms with Gasteiger partial charge in [-0.05, 0) is 37.1 Å². The summed E-state index contributed by atoms with van der Waals surface area (Å²) in [6.07, 6.45) is 1.81. The summed E-state index contributed by atoms with van der Waals surface area (Å²) < 4.78 is 1.40. The molecule has 0 spiro atoms. The van der Waals surface area contributed by atoms with Gasteiger partial charge in [0.15, 0.2) is 5.82 Å². The van der Waals surface area contributed by atoms with E-state index in [1.165, 1.54) is 4.68 Å². The maximum Gasteiger partial charge on any atom is 0.287 e. The SMILES string of the molecule is Cc1ccc(-n2nc(C)cc2C(=O)N[C@@H](Cc2ccccc2)C(=O)C(N)=O)nc1. The van der Waals surface area contributed by atoms with Crippen molar-refractivity contribution in [2.24, 2.45) is 5.73 Å². The lowest BCUT2D eigenvalue weighted by Gasteiger charge is -2.16. The largest absolute Gasteiger partial charge is 0.363 e. The number of nitrogens with one attached hydrogen (secondary N) is 1. The van der Waals surface area contributed by atoms with Crippen LogP contribution in [0.25, 0.3) is 5.82 Å². The second kappa shape index (κ2) is 8.47. The summed E-state index contributed by atoms with van der Waals surface area (Å²) in [5.41, 5.74) is 7.75. The number of amides is 2. The average molecular weight is 391 g/mol. The van der Waals surface area contributed by atoms with Crippen LogP contribution in [-0.4, -0.2) is 38.4 Å². The zero-order valence-corrected chi connectivity index (χ0v) is 16.1.